The fourth-order valence-corrected chi connectivity index (χ4v) is 1.63. The summed E-state index contributed by atoms with van der Waals surface area (Å²) in [6, 6.07) is 15.0. The quantitative estimate of drug-likeness (QED) is 0.868. The minimum atomic E-state index is -0.335. The van der Waals surface area contributed by atoms with Crippen molar-refractivity contribution in [2.24, 2.45) is 5.73 Å². The van der Waals surface area contributed by atoms with E-state index < -0.39 is 0 Å². The van der Waals surface area contributed by atoms with Gasteiger partial charge in [0.1, 0.15) is 11.5 Å². The summed E-state index contributed by atoms with van der Waals surface area (Å²) in [5.74, 6) is 1.56. The number of nitrogens with two attached hydrogens (primary N) is 1. The molecule has 2 aromatic rings. The summed E-state index contributed by atoms with van der Waals surface area (Å²) in [5, 5.41) is 8.96. The van der Waals surface area contributed by atoms with E-state index in [0.29, 0.717) is 0 Å². The maximum absolute atomic E-state index is 8.96. The van der Waals surface area contributed by atoms with Gasteiger partial charge in [-0.05, 0) is 36.8 Å². The van der Waals surface area contributed by atoms with Gasteiger partial charge in [0.05, 0.1) is 12.6 Å². The summed E-state index contributed by atoms with van der Waals surface area (Å²) < 4.78 is 5.70. The molecule has 18 heavy (non-hydrogen) atoms. The molecule has 0 aliphatic rings. The maximum Gasteiger partial charge on any atom is 0.127 e. The molecule has 2 aromatic carbocycles. The molecule has 0 heterocycles. The predicted molar refractivity (Wildman–Crippen MR) is 71.7 cm³/mol. The second kappa shape index (κ2) is 5.67. The van der Waals surface area contributed by atoms with E-state index in [1.165, 1.54) is 5.56 Å². The monoisotopic (exact) mass is 243 g/mol. The van der Waals surface area contributed by atoms with Crippen LogP contribution in [0.2, 0.25) is 0 Å². The number of hydrogen-bond acceptors (Lipinski definition) is 3. The van der Waals surface area contributed by atoms with Gasteiger partial charge in [0.25, 0.3) is 0 Å². The van der Waals surface area contributed by atoms with E-state index in [1.807, 2.05) is 55.5 Å². The first-order valence-corrected chi connectivity index (χ1v) is 5.90. The molecule has 3 nitrogen and oxygen atoms in total. The zero-order chi connectivity index (χ0) is 13.0. The van der Waals surface area contributed by atoms with Crippen molar-refractivity contribution in [1.29, 1.82) is 0 Å². The minimum absolute atomic E-state index is 0.0574. The molecule has 1 atom stereocenters. The van der Waals surface area contributed by atoms with E-state index >= 15 is 0 Å². The Morgan fingerprint density at radius 3 is 2.00 bits per heavy atom. The normalized spacial score (nSPS) is 12.2. The third-order valence-electron chi connectivity index (χ3n) is 2.76. The van der Waals surface area contributed by atoms with Crippen molar-refractivity contribution in [3.63, 3.8) is 0 Å². The third kappa shape index (κ3) is 3.09. The molecular weight excluding hydrogens is 226 g/mol. The summed E-state index contributed by atoms with van der Waals surface area (Å²) in [7, 11) is 0. The van der Waals surface area contributed by atoms with Gasteiger partial charge in [-0.15, -0.1) is 0 Å². The Labute approximate surface area is 107 Å². The molecule has 0 bridgehead atoms. The van der Waals surface area contributed by atoms with Crippen LogP contribution in [0.3, 0.4) is 0 Å². The van der Waals surface area contributed by atoms with Gasteiger partial charge in [-0.2, -0.15) is 0 Å². The average molecular weight is 243 g/mol. The highest BCUT2D eigenvalue weighted by atomic mass is 16.5. The topological polar surface area (TPSA) is 55.5 Å². The summed E-state index contributed by atoms with van der Waals surface area (Å²) in [6.45, 7) is 1.98. The van der Waals surface area contributed by atoms with E-state index in [2.05, 4.69) is 0 Å². The third-order valence-corrected chi connectivity index (χ3v) is 2.76. The number of benzene rings is 2. The van der Waals surface area contributed by atoms with Crippen LogP contribution in [0.15, 0.2) is 48.5 Å². The summed E-state index contributed by atoms with van der Waals surface area (Å²) in [5.41, 5.74) is 7.82. The van der Waals surface area contributed by atoms with Crippen LogP contribution < -0.4 is 10.5 Å². The molecule has 0 spiro atoms. The van der Waals surface area contributed by atoms with Crippen molar-refractivity contribution in [2.45, 2.75) is 13.0 Å². The van der Waals surface area contributed by atoms with E-state index in [9.17, 15) is 0 Å². The van der Waals surface area contributed by atoms with Gasteiger partial charge in [0.15, 0.2) is 0 Å². The highest BCUT2D eigenvalue weighted by Crippen LogP contribution is 2.23. The molecule has 2 rings (SSSR count). The Hall–Kier alpha value is -1.84. The Morgan fingerprint density at radius 2 is 1.50 bits per heavy atom. The molecule has 0 amide bonds. The molecule has 94 valence electrons. The molecule has 0 saturated heterocycles. The molecule has 0 saturated carbocycles. The highest BCUT2D eigenvalue weighted by Gasteiger charge is 2.04. The van der Waals surface area contributed by atoms with Gasteiger partial charge in [0, 0.05) is 0 Å². The number of ether oxygens (including phenoxy) is 1. The molecule has 3 heteroatoms. The smallest absolute Gasteiger partial charge is 0.127 e. The lowest BCUT2D eigenvalue weighted by Crippen LogP contribution is -2.14. The molecule has 0 fully saturated rings. The number of hydrogen-bond donors (Lipinski definition) is 2. The van der Waals surface area contributed by atoms with Crippen LogP contribution in [0.1, 0.15) is 17.2 Å². The minimum Gasteiger partial charge on any atom is -0.457 e. The second-order valence-electron chi connectivity index (χ2n) is 4.27. The molecular formula is C15H17NO2. The summed E-state index contributed by atoms with van der Waals surface area (Å²) in [6.07, 6.45) is 0. The molecule has 0 unspecified atom stereocenters. The fraction of sp³-hybridized carbons (Fsp3) is 0.200. The van der Waals surface area contributed by atoms with Crippen LogP contribution >= 0.6 is 0 Å². The largest absolute Gasteiger partial charge is 0.457 e. The van der Waals surface area contributed by atoms with E-state index in [-0.39, 0.29) is 12.6 Å². The molecule has 0 aliphatic heterocycles. The number of aliphatic hydroxyl groups is 1. The van der Waals surface area contributed by atoms with Crippen molar-refractivity contribution < 1.29 is 9.84 Å². The fourth-order valence-electron chi connectivity index (χ4n) is 1.63. The van der Waals surface area contributed by atoms with Gasteiger partial charge >= 0.3 is 0 Å². The number of rotatable bonds is 4. The van der Waals surface area contributed by atoms with Crippen molar-refractivity contribution in [3.05, 3.63) is 59.7 Å². The van der Waals surface area contributed by atoms with Crippen LogP contribution in [0.5, 0.6) is 11.5 Å². The SMILES string of the molecule is Cc1ccc(Oc2ccc([C@H](N)CO)cc2)cc1. The Bertz CT molecular complexity index is 491. The van der Waals surface area contributed by atoms with Gasteiger partial charge in [0.2, 0.25) is 0 Å². The van der Waals surface area contributed by atoms with Gasteiger partial charge in [-0.25, -0.2) is 0 Å². The van der Waals surface area contributed by atoms with Crippen molar-refractivity contribution >= 4 is 0 Å². The van der Waals surface area contributed by atoms with Crippen LogP contribution in [-0.2, 0) is 0 Å². The maximum atomic E-state index is 8.96. The van der Waals surface area contributed by atoms with E-state index in [1.54, 1.807) is 0 Å². The molecule has 0 radical (unpaired) electrons. The molecule has 3 N–H and O–H groups in total. The van der Waals surface area contributed by atoms with Crippen molar-refractivity contribution in [2.75, 3.05) is 6.61 Å². The van der Waals surface area contributed by atoms with Crippen LogP contribution in [0, 0.1) is 6.92 Å². The van der Waals surface area contributed by atoms with Crippen LogP contribution in [0.4, 0.5) is 0 Å². The summed E-state index contributed by atoms with van der Waals surface area (Å²) >= 11 is 0. The Morgan fingerprint density at radius 1 is 1.00 bits per heavy atom. The Kier molecular flexibility index (Phi) is 3.97. The zero-order valence-corrected chi connectivity index (χ0v) is 10.3. The molecule has 0 aliphatic carbocycles. The first-order chi connectivity index (χ1) is 8.69. The number of aliphatic hydroxyl groups excluding tert-OH is 1. The van der Waals surface area contributed by atoms with Crippen molar-refractivity contribution in [3.8, 4) is 11.5 Å². The zero-order valence-electron chi connectivity index (χ0n) is 10.3. The lowest BCUT2D eigenvalue weighted by molar-refractivity contribution is 0.268. The lowest BCUT2D eigenvalue weighted by atomic mass is 10.1. The Balaban J connectivity index is 2.08. The highest BCUT2D eigenvalue weighted by molar-refractivity contribution is 5.35. The first-order valence-electron chi connectivity index (χ1n) is 5.90. The van der Waals surface area contributed by atoms with Crippen molar-refractivity contribution in [1.82, 2.24) is 0 Å². The van der Waals surface area contributed by atoms with Crippen LogP contribution in [-0.4, -0.2) is 11.7 Å². The van der Waals surface area contributed by atoms with E-state index in [0.717, 1.165) is 17.1 Å². The standard InChI is InChI=1S/C15H17NO2/c1-11-2-6-13(7-3-11)18-14-8-4-12(5-9-14)15(16)10-17/h2-9,15,17H,10,16H2,1H3/t15-/m1/s1. The van der Waals surface area contributed by atoms with Gasteiger partial charge in [-0.1, -0.05) is 29.8 Å². The number of aryl methyl sites for hydroxylation is 1. The predicted octanol–water partition coefficient (Wildman–Crippen LogP) is 2.78. The lowest BCUT2D eigenvalue weighted by Gasteiger charge is -2.10. The van der Waals surface area contributed by atoms with E-state index in [4.69, 9.17) is 15.6 Å². The van der Waals surface area contributed by atoms with Gasteiger partial charge in [-0.3, -0.25) is 0 Å². The summed E-state index contributed by atoms with van der Waals surface area (Å²) in [4.78, 5) is 0. The second-order valence-corrected chi connectivity index (χ2v) is 4.27. The van der Waals surface area contributed by atoms with Gasteiger partial charge < -0.3 is 15.6 Å². The average Bonchev–Trinajstić information content (AvgIpc) is 2.41. The first kappa shape index (κ1) is 12.6. The molecule has 0 aromatic heterocycles. The van der Waals surface area contributed by atoms with Crippen LogP contribution in [0.25, 0.3) is 0 Å².